The second kappa shape index (κ2) is 6.59. The summed E-state index contributed by atoms with van der Waals surface area (Å²) in [5, 5.41) is 12.9. The van der Waals surface area contributed by atoms with Gasteiger partial charge in [-0.05, 0) is 43.4 Å². The molecular weight excluding hydrogens is 248 g/mol. The summed E-state index contributed by atoms with van der Waals surface area (Å²) in [4.78, 5) is 2.39. The Hall–Kier alpha value is -1.06. The predicted molar refractivity (Wildman–Crippen MR) is 83.0 cm³/mol. The summed E-state index contributed by atoms with van der Waals surface area (Å²) >= 11 is 0. The van der Waals surface area contributed by atoms with Gasteiger partial charge in [0.2, 0.25) is 0 Å². The maximum Gasteiger partial charge on any atom is 0.0606 e. The molecule has 1 aromatic carbocycles. The number of hydrogen-bond donors (Lipinski definition) is 2. The van der Waals surface area contributed by atoms with Gasteiger partial charge in [-0.15, -0.1) is 0 Å². The summed E-state index contributed by atoms with van der Waals surface area (Å²) in [7, 11) is 0. The molecule has 2 fully saturated rings. The van der Waals surface area contributed by atoms with E-state index in [0.717, 1.165) is 19.1 Å². The SMILES string of the molecule is OCCN(c1ccc(CNC2CC2)cc1)C1CCCC1. The third-order valence-electron chi connectivity index (χ3n) is 4.55. The fourth-order valence-electron chi connectivity index (χ4n) is 3.20. The van der Waals surface area contributed by atoms with Gasteiger partial charge < -0.3 is 15.3 Å². The van der Waals surface area contributed by atoms with Gasteiger partial charge in [-0.2, -0.15) is 0 Å². The first-order valence-corrected chi connectivity index (χ1v) is 8.06. The van der Waals surface area contributed by atoms with Crippen LogP contribution < -0.4 is 10.2 Å². The number of anilines is 1. The van der Waals surface area contributed by atoms with E-state index in [1.54, 1.807) is 0 Å². The average molecular weight is 274 g/mol. The molecule has 0 spiro atoms. The van der Waals surface area contributed by atoms with Crippen molar-refractivity contribution in [2.45, 2.75) is 57.2 Å². The van der Waals surface area contributed by atoms with Crippen molar-refractivity contribution in [1.29, 1.82) is 0 Å². The van der Waals surface area contributed by atoms with Crippen LogP contribution >= 0.6 is 0 Å². The van der Waals surface area contributed by atoms with Gasteiger partial charge in [0.1, 0.15) is 0 Å². The molecule has 0 heterocycles. The Labute approximate surface area is 122 Å². The van der Waals surface area contributed by atoms with E-state index >= 15 is 0 Å². The van der Waals surface area contributed by atoms with Crippen molar-refractivity contribution in [2.75, 3.05) is 18.1 Å². The van der Waals surface area contributed by atoms with Gasteiger partial charge in [-0.25, -0.2) is 0 Å². The number of benzene rings is 1. The van der Waals surface area contributed by atoms with Gasteiger partial charge >= 0.3 is 0 Å². The van der Waals surface area contributed by atoms with Crippen LogP contribution in [-0.2, 0) is 6.54 Å². The van der Waals surface area contributed by atoms with Crippen molar-refractivity contribution >= 4 is 5.69 Å². The molecule has 3 rings (SSSR count). The lowest BCUT2D eigenvalue weighted by Crippen LogP contribution is -2.35. The number of aliphatic hydroxyl groups excluding tert-OH is 1. The van der Waals surface area contributed by atoms with Gasteiger partial charge in [-0.1, -0.05) is 25.0 Å². The van der Waals surface area contributed by atoms with Gasteiger partial charge in [0.05, 0.1) is 6.61 Å². The Balaban J connectivity index is 1.63. The van der Waals surface area contributed by atoms with E-state index in [1.165, 1.54) is 49.8 Å². The van der Waals surface area contributed by atoms with Gasteiger partial charge in [0.15, 0.2) is 0 Å². The molecule has 0 amide bonds. The highest BCUT2D eigenvalue weighted by Crippen LogP contribution is 2.28. The Morgan fingerprint density at radius 3 is 2.35 bits per heavy atom. The van der Waals surface area contributed by atoms with E-state index in [1.807, 2.05) is 0 Å². The summed E-state index contributed by atoms with van der Waals surface area (Å²) in [6, 6.07) is 10.3. The Morgan fingerprint density at radius 1 is 1.05 bits per heavy atom. The highest BCUT2D eigenvalue weighted by molar-refractivity contribution is 5.48. The molecule has 2 saturated carbocycles. The minimum atomic E-state index is 0.238. The van der Waals surface area contributed by atoms with Crippen LogP contribution in [0.5, 0.6) is 0 Å². The summed E-state index contributed by atoms with van der Waals surface area (Å²) in [5.41, 5.74) is 2.62. The first-order valence-electron chi connectivity index (χ1n) is 8.06. The quantitative estimate of drug-likeness (QED) is 0.802. The lowest BCUT2D eigenvalue weighted by Gasteiger charge is -2.30. The molecule has 0 radical (unpaired) electrons. The van der Waals surface area contributed by atoms with Crippen molar-refractivity contribution in [2.24, 2.45) is 0 Å². The Bertz CT molecular complexity index is 408. The van der Waals surface area contributed by atoms with E-state index in [4.69, 9.17) is 0 Å². The van der Waals surface area contributed by atoms with Gasteiger partial charge in [0, 0.05) is 30.9 Å². The fourth-order valence-corrected chi connectivity index (χ4v) is 3.20. The molecule has 1 aromatic rings. The van der Waals surface area contributed by atoms with Crippen molar-refractivity contribution in [3.8, 4) is 0 Å². The summed E-state index contributed by atoms with van der Waals surface area (Å²) < 4.78 is 0. The highest BCUT2D eigenvalue weighted by atomic mass is 16.3. The molecule has 20 heavy (non-hydrogen) atoms. The maximum atomic E-state index is 9.31. The first-order chi connectivity index (χ1) is 9.86. The topological polar surface area (TPSA) is 35.5 Å². The Morgan fingerprint density at radius 2 is 1.75 bits per heavy atom. The lowest BCUT2D eigenvalue weighted by molar-refractivity contribution is 0.297. The maximum absolute atomic E-state index is 9.31. The van der Waals surface area contributed by atoms with Crippen LogP contribution in [0.3, 0.4) is 0 Å². The van der Waals surface area contributed by atoms with Crippen LogP contribution in [0.2, 0.25) is 0 Å². The van der Waals surface area contributed by atoms with Crippen molar-refractivity contribution in [3.63, 3.8) is 0 Å². The zero-order valence-electron chi connectivity index (χ0n) is 12.2. The molecule has 2 aliphatic rings. The molecule has 0 unspecified atom stereocenters. The molecule has 2 N–H and O–H groups in total. The van der Waals surface area contributed by atoms with Crippen LogP contribution in [0.1, 0.15) is 44.1 Å². The Kier molecular flexibility index (Phi) is 4.58. The normalized spacial score (nSPS) is 19.4. The van der Waals surface area contributed by atoms with Crippen LogP contribution in [0.25, 0.3) is 0 Å². The van der Waals surface area contributed by atoms with Crippen LogP contribution in [0.4, 0.5) is 5.69 Å². The number of rotatable bonds is 7. The molecule has 0 atom stereocenters. The summed E-state index contributed by atoms with van der Waals surface area (Å²) in [6.07, 6.45) is 7.87. The summed E-state index contributed by atoms with van der Waals surface area (Å²) in [6.45, 7) is 1.97. The molecule has 0 aromatic heterocycles. The third kappa shape index (κ3) is 3.53. The molecule has 110 valence electrons. The average Bonchev–Trinajstić information content (AvgIpc) is 3.16. The second-order valence-corrected chi connectivity index (χ2v) is 6.18. The third-order valence-corrected chi connectivity index (χ3v) is 4.55. The van der Waals surface area contributed by atoms with E-state index in [0.29, 0.717) is 6.04 Å². The van der Waals surface area contributed by atoms with Gasteiger partial charge in [0.25, 0.3) is 0 Å². The van der Waals surface area contributed by atoms with Crippen LogP contribution in [0, 0.1) is 0 Å². The second-order valence-electron chi connectivity index (χ2n) is 6.18. The number of nitrogens with zero attached hydrogens (tertiary/aromatic N) is 1. The first kappa shape index (κ1) is 13.9. The minimum Gasteiger partial charge on any atom is -0.395 e. The molecule has 0 saturated heterocycles. The van der Waals surface area contributed by atoms with Gasteiger partial charge in [-0.3, -0.25) is 0 Å². The molecular formula is C17H26N2O. The largest absolute Gasteiger partial charge is 0.395 e. The number of aliphatic hydroxyl groups is 1. The fraction of sp³-hybridized carbons (Fsp3) is 0.647. The minimum absolute atomic E-state index is 0.238. The predicted octanol–water partition coefficient (Wildman–Crippen LogP) is 2.68. The molecule has 3 nitrogen and oxygen atoms in total. The van der Waals surface area contributed by atoms with E-state index in [-0.39, 0.29) is 6.61 Å². The summed E-state index contributed by atoms with van der Waals surface area (Å²) in [5.74, 6) is 0. The molecule has 0 bridgehead atoms. The van der Waals surface area contributed by atoms with Crippen LogP contribution in [0.15, 0.2) is 24.3 Å². The standard InChI is InChI=1S/C17H26N2O/c20-12-11-19(16-3-1-2-4-16)17-9-5-14(6-10-17)13-18-15-7-8-15/h5-6,9-10,15-16,18,20H,1-4,7-8,11-13H2. The zero-order chi connectivity index (χ0) is 13.8. The molecule has 0 aliphatic heterocycles. The van der Waals surface area contributed by atoms with Crippen molar-refractivity contribution in [1.82, 2.24) is 5.32 Å². The molecule has 2 aliphatic carbocycles. The van der Waals surface area contributed by atoms with Crippen molar-refractivity contribution < 1.29 is 5.11 Å². The van der Waals surface area contributed by atoms with E-state index < -0.39 is 0 Å². The smallest absolute Gasteiger partial charge is 0.0606 e. The van der Waals surface area contributed by atoms with E-state index in [9.17, 15) is 5.11 Å². The number of nitrogens with one attached hydrogen (secondary N) is 1. The zero-order valence-corrected chi connectivity index (χ0v) is 12.2. The lowest BCUT2D eigenvalue weighted by atomic mass is 10.1. The number of hydrogen-bond acceptors (Lipinski definition) is 3. The highest BCUT2D eigenvalue weighted by Gasteiger charge is 2.22. The van der Waals surface area contributed by atoms with Crippen LogP contribution in [-0.4, -0.2) is 30.3 Å². The molecule has 3 heteroatoms. The van der Waals surface area contributed by atoms with Crippen molar-refractivity contribution in [3.05, 3.63) is 29.8 Å². The van der Waals surface area contributed by atoms with E-state index in [2.05, 4.69) is 34.5 Å². The monoisotopic (exact) mass is 274 g/mol.